The molecule has 0 aromatic heterocycles. The number of benzene rings is 4. The Kier molecular flexibility index (Phi) is 11.2. The maximum absolute atomic E-state index is 15.1. The Morgan fingerprint density at radius 3 is 2.05 bits per heavy atom. The van der Waals surface area contributed by atoms with E-state index in [0.29, 0.717) is 12.1 Å². The van der Waals surface area contributed by atoms with Crippen LogP contribution in [0.3, 0.4) is 0 Å². The molecule has 230 valence electrons. The summed E-state index contributed by atoms with van der Waals surface area (Å²) < 4.78 is 57.4. The first-order valence-electron chi connectivity index (χ1n) is 14.4. The second-order valence-corrected chi connectivity index (χ2v) is 12.1. The van der Waals surface area contributed by atoms with Crippen LogP contribution in [0.5, 0.6) is 0 Å². The van der Waals surface area contributed by atoms with Gasteiger partial charge in [0.05, 0.1) is 10.6 Å². The lowest BCUT2D eigenvalue weighted by Crippen LogP contribution is -2.53. The van der Waals surface area contributed by atoms with Gasteiger partial charge < -0.3 is 10.2 Å². The van der Waals surface area contributed by atoms with Crippen molar-refractivity contribution < 1.29 is 26.8 Å². The second kappa shape index (κ2) is 15.2. The van der Waals surface area contributed by atoms with Gasteiger partial charge in [-0.05, 0) is 53.9 Å². The van der Waals surface area contributed by atoms with Gasteiger partial charge in [0, 0.05) is 19.5 Å². The normalized spacial score (nSPS) is 11.9. The molecule has 0 saturated heterocycles. The maximum atomic E-state index is 15.1. The van der Waals surface area contributed by atoms with Crippen molar-refractivity contribution in [3.05, 3.63) is 132 Å². The van der Waals surface area contributed by atoms with Crippen LogP contribution in [0, 0.1) is 11.6 Å². The van der Waals surface area contributed by atoms with Crippen molar-refractivity contribution in [3.8, 4) is 0 Å². The Labute approximate surface area is 257 Å². The molecular weight excluding hydrogens is 584 g/mol. The van der Waals surface area contributed by atoms with Crippen LogP contribution in [-0.2, 0) is 32.6 Å². The zero-order valence-electron chi connectivity index (χ0n) is 24.4. The standard InChI is InChI=1S/C34H35F2N3O4S/c1-2-3-22-37-34(41)32(23-26-12-6-4-7-13-26)38(24-27-18-20-28(35)21-19-27)33(40)25-39(31-17-11-10-16-30(31)36)44(42,43)29-14-8-5-9-15-29/h4-21,32H,2-3,22-25H2,1H3,(H,37,41). The molecule has 0 radical (unpaired) electrons. The highest BCUT2D eigenvalue weighted by atomic mass is 32.2. The monoisotopic (exact) mass is 619 g/mol. The van der Waals surface area contributed by atoms with Gasteiger partial charge in [0.1, 0.15) is 24.2 Å². The number of nitrogens with zero attached hydrogens (tertiary/aromatic N) is 2. The third-order valence-corrected chi connectivity index (χ3v) is 8.87. The summed E-state index contributed by atoms with van der Waals surface area (Å²) in [7, 11) is -4.41. The van der Waals surface area contributed by atoms with E-state index >= 15 is 4.39 Å². The van der Waals surface area contributed by atoms with Gasteiger partial charge in [-0.15, -0.1) is 0 Å². The van der Waals surface area contributed by atoms with Gasteiger partial charge in [-0.2, -0.15) is 0 Å². The number of rotatable bonds is 14. The Balaban J connectivity index is 1.78. The fourth-order valence-corrected chi connectivity index (χ4v) is 6.18. The van der Waals surface area contributed by atoms with Crippen molar-refractivity contribution in [2.24, 2.45) is 0 Å². The molecule has 0 aliphatic heterocycles. The van der Waals surface area contributed by atoms with E-state index in [0.717, 1.165) is 28.8 Å². The molecule has 1 atom stereocenters. The van der Waals surface area contributed by atoms with Gasteiger partial charge in [0.15, 0.2) is 0 Å². The number of carbonyl (C=O) groups is 2. The highest BCUT2D eigenvalue weighted by Crippen LogP contribution is 2.27. The smallest absolute Gasteiger partial charge is 0.264 e. The highest BCUT2D eigenvalue weighted by molar-refractivity contribution is 7.92. The number of hydrogen-bond acceptors (Lipinski definition) is 4. The summed E-state index contributed by atoms with van der Waals surface area (Å²) in [5.74, 6) is -2.45. The molecule has 0 spiro atoms. The van der Waals surface area contributed by atoms with Gasteiger partial charge in [0.2, 0.25) is 11.8 Å². The van der Waals surface area contributed by atoms with E-state index < -0.39 is 46.1 Å². The summed E-state index contributed by atoms with van der Waals surface area (Å²) >= 11 is 0. The SMILES string of the molecule is CCCCNC(=O)C(Cc1ccccc1)N(Cc1ccc(F)cc1)C(=O)CN(c1ccccc1F)S(=O)(=O)c1ccccc1. The fourth-order valence-electron chi connectivity index (χ4n) is 4.73. The van der Waals surface area contributed by atoms with Crippen LogP contribution in [0.15, 0.2) is 114 Å². The average molecular weight is 620 g/mol. The van der Waals surface area contributed by atoms with Crippen molar-refractivity contribution in [2.45, 2.75) is 43.7 Å². The van der Waals surface area contributed by atoms with Crippen molar-refractivity contribution in [2.75, 3.05) is 17.4 Å². The lowest BCUT2D eigenvalue weighted by Gasteiger charge is -2.34. The van der Waals surface area contributed by atoms with Crippen molar-refractivity contribution in [1.29, 1.82) is 0 Å². The number of nitrogens with one attached hydrogen (secondary N) is 1. The number of carbonyl (C=O) groups excluding carboxylic acids is 2. The molecule has 4 aromatic carbocycles. The van der Waals surface area contributed by atoms with Crippen LogP contribution in [-0.4, -0.2) is 44.3 Å². The average Bonchev–Trinajstić information content (AvgIpc) is 3.03. The predicted octanol–water partition coefficient (Wildman–Crippen LogP) is 5.72. The summed E-state index contributed by atoms with van der Waals surface area (Å²) in [6, 6.07) is 26.3. The quantitative estimate of drug-likeness (QED) is 0.183. The van der Waals surface area contributed by atoms with Crippen LogP contribution < -0.4 is 9.62 Å². The summed E-state index contributed by atoms with van der Waals surface area (Å²) in [5.41, 5.74) is 1.00. The molecule has 4 rings (SSSR count). The molecule has 1 N–H and O–H groups in total. The van der Waals surface area contributed by atoms with Crippen LogP contribution in [0.4, 0.5) is 14.5 Å². The van der Waals surface area contributed by atoms with E-state index in [9.17, 15) is 22.4 Å². The third kappa shape index (κ3) is 8.29. The number of halogens is 2. The Morgan fingerprint density at radius 1 is 0.795 bits per heavy atom. The molecule has 44 heavy (non-hydrogen) atoms. The number of sulfonamides is 1. The van der Waals surface area contributed by atoms with Gasteiger partial charge >= 0.3 is 0 Å². The molecular formula is C34H35F2N3O4S. The molecule has 0 saturated carbocycles. The summed E-state index contributed by atoms with van der Waals surface area (Å²) in [6.07, 6.45) is 1.71. The van der Waals surface area contributed by atoms with E-state index in [1.54, 1.807) is 6.07 Å². The van der Waals surface area contributed by atoms with E-state index in [4.69, 9.17) is 0 Å². The number of hydrogen-bond donors (Lipinski definition) is 1. The first kappa shape index (κ1) is 32.3. The van der Waals surface area contributed by atoms with E-state index in [1.807, 2.05) is 37.3 Å². The summed E-state index contributed by atoms with van der Waals surface area (Å²) in [4.78, 5) is 29.1. The predicted molar refractivity (Wildman–Crippen MR) is 166 cm³/mol. The molecule has 0 aliphatic carbocycles. The first-order chi connectivity index (χ1) is 21.2. The van der Waals surface area contributed by atoms with Crippen molar-refractivity contribution >= 4 is 27.5 Å². The second-order valence-electron chi connectivity index (χ2n) is 10.3. The Hall–Kier alpha value is -4.57. The Bertz CT molecular complexity index is 1640. The largest absolute Gasteiger partial charge is 0.354 e. The van der Waals surface area contributed by atoms with Crippen LogP contribution in [0.25, 0.3) is 0 Å². The number of anilines is 1. The van der Waals surface area contributed by atoms with E-state index in [1.165, 1.54) is 71.6 Å². The van der Waals surface area contributed by atoms with Crippen molar-refractivity contribution in [1.82, 2.24) is 10.2 Å². The number of para-hydroxylation sites is 1. The minimum Gasteiger partial charge on any atom is -0.354 e. The maximum Gasteiger partial charge on any atom is 0.264 e. The van der Waals surface area contributed by atoms with E-state index in [-0.39, 0.29) is 23.5 Å². The number of amides is 2. The Morgan fingerprint density at radius 2 is 1.41 bits per heavy atom. The molecule has 0 fully saturated rings. The molecule has 7 nitrogen and oxygen atoms in total. The van der Waals surface area contributed by atoms with Crippen LogP contribution in [0.1, 0.15) is 30.9 Å². The molecule has 1 unspecified atom stereocenters. The fraction of sp³-hybridized carbons (Fsp3) is 0.235. The van der Waals surface area contributed by atoms with Gasteiger partial charge in [-0.3, -0.25) is 13.9 Å². The molecule has 4 aromatic rings. The molecule has 0 aliphatic rings. The first-order valence-corrected chi connectivity index (χ1v) is 15.8. The minimum atomic E-state index is -4.41. The molecule has 0 bridgehead atoms. The summed E-state index contributed by atoms with van der Waals surface area (Å²) in [6.45, 7) is 1.48. The zero-order chi connectivity index (χ0) is 31.5. The summed E-state index contributed by atoms with van der Waals surface area (Å²) in [5, 5.41) is 2.90. The lowest BCUT2D eigenvalue weighted by molar-refractivity contribution is -0.140. The van der Waals surface area contributed by atoms with Gasteiger partial charge in [-0.25, -0.2) is 17.2 Å². The highest BCUT2D eigenvalue weighted by Gasteiger charge is 2.35. The zero-order valence-corrected chi connectivity index (χ0v) is 25.2. The molecule has 2 amide bonds. The minimum absolute atomic E-state index is 0.117. The van der Waals surface area contributed by atoms with Crippen LogP contribution >= 0.6 is 0 Å². The molecule has 10 heteroatoms. The topological polar surface area (TPSA) is 86.8 Å². The van der Waals surface area contributed by atoms with Gasteiger partial charge in [0.25, 0.3) is 10.0 Å². The third-order valence-electron chi connectivity index (χ3n) is 7.10. The van der Waals surface area contributed by atoms with Gasteiger partial charge in [-0.1, -0.05) is 86.1 Å². The van der Waals surface area contributed by atoms with E-state index in [2.05, 4.69) is 5.32 Å². The molecule has 0 heterocycles. The number of unbranched alkanes of at least 4 members (excludes halogenated alkanes) is 1. The lowest BCUT2D eigenvalue weighted by atomic mass is 10.0. The van der Waals surface area contributed by atoms with Crippen LogP contribution in [0.2, 0.25) is 0 Å². The van der Waals surface area contributed by atoms with Crippen molar-refractivity contribution in [3.63, 3.8) is 0 Å².